The second-order valence-electron chi connectivity index (χ2n) is 6.76. The number of para-hydroxylation sites is 3. The number of carbonyl (C=O) groups excluding carboxylic acids is 1. The highest BCUT2D eigenvalue weighted by Gasteiger charge is 2.33. The van der Waals surface area contributed by atoms with Crippen molar-refractivity contribution in [2.24, 2.45) is 0 Å². The summed E-state index contributed by atoms with van der Waals surface area (Å²) in [6, 6.07) is 17.4. The molecule has 6 heteroatoms. The minimum atomic E-state index is -0.0319. The standard InChI is InChI=1S/C21H19N5O/c27-21(15-7-1-4-10-18(15)26-14-6-12-22-26)25-13-5-11-19(25)20-23-16-8-2-3-9-17(16)24-20/h1-4,6-10,12,14,19H,5,11,13H2,(H,23,24)/t19-/m0/s1. The predicted molar refractivity (Wildman–Crippen MR) is 103 cm³/mol. The van der Waals surface area contributed by atoms with Gasteiger partial charge in [-0.2, -0.15) is 5.10 Å². The van der Waals surface area contributed by atoms with E-state index in [1.54, 1.807) is 10.9 Å². The molecule has 2 aromatic heterocycles. The van der Waals surface area contributed by atoms with Gasteiger partial charge in [0.25, 0.3) is 5.91 Å². The minimum absolute atomic E-state index is 0.0176. The van der Waals surface area contributed by atoms with Crippen LogP contribution in [0.1, 0.15) is 35.1 Å². The number of H-pyrrole nitrogens is 1. The van der Waals surface area contributed by atoms with Gasteiger partial charge in [-0.3, -0.25) is 4.79 Å². The molecule has 6 nitrogen and oxygen atoms in total. The fourth-order valence-electron chi connectivity index (χ4n) is 3.84. The summed E-state index contributed by atoms with van der Waals surface area (Å²) in [7, 11) is 0. The van der Waals surface area contributed by atoms with Gasteiger partial charge in [-0.1, -0.05) is 24.3 Å². The van der Waals surface area contributed by atoms with Crippen LogP contribution < -0.4 is 0 Å². The number of fused-ring (bicyclic) bond motifs is 1. The lowest BCUT2D eigenvalue weighted by Crippen LogP contribution is -2.31. The number of aromatic amines is 1. The monoisotopic (exact) mass is 357 g/mol. The lowest BCUT2D eigenvalue weighted by Gasteiger charge is -2.24. The van der Waals surface area contributed by atoms with Gasteiger partial charge >= 0.3 is 0 Å². The van der Waals surface area contributed by atoms with Crippen LogP contribution >= 0.6 is 0 Å². The molecule has 0 unspecified atom stereocenters. The number of rotatable bonds is 3. The Balaban J connectivity index is 1.51. The maximum atomic E-state index is 13.4. The van der Waals surface area contributed by atoms with E-state index in [4.69, 9.17) is 4.98 Å². The number of nitrogens with one attached hydrogen (secondary N) is 1. The van der Waals surface area contributed by atoms with E-state index in [0.717, 1.165) is 41.9 Å². The molecule has 1 saturated heterocycles. The summed E-state index contributed by atoms with van der Waals surface area (Å²) in [5.41, 5.74) is 3.39. The van der Waals surface area contributed by atoms with Crippen molar-refractivity contribution in [1.82, 2.24) is 24.6 Å². The Morgan fingerprint density at radius 2 is 1.93 bits per heavy atom. The van der Waals surface area contributed by atoms with E-state index in [1.165, 1.54) is 0 Å². The molecule has 0 radical (unpaired) electrons. The smallest absolute Gasteiger partial charge is 0.256 e. The zero-order chi connectivity index (χ0) is 18.2. The molecule has 27 heavy (non-hydrogen) atoms. The predicted octanol–water partition coefficient (Wildman–Crippen LogP) is 3.73. The minimum Gasteiger partial charge on any atom is -0.340 e. The average molecular weight is 357 g/mol. The normalized spacial score (nSPS) is 16.9. The first-order chi connectivity index (χ1) is 13.3. The molecule has 1 amide bonds. The van der Waals surface area contributed by atoms with E-state index >= 15 is 0 Å². The topological polar surface area (TPSA) is 66.8 Å². The van der Waals surface area contributed by atoms with Crippen molar-refractivity contribution in [3.63, 3.8) is 0 Å². The highest BCUT2D eigenvalue weighted by atomic mass is 16.2. The molecule has 0 aliphatic carbocycles. The van der Waals surface area contributed by atoms with Gasteiger partial charge in [-0.25, -0.2) is 9.67 Å². The summed E-state index contributed by atoms with van der Waals surface area (Å²) in [6.45, 7) is 0.730. The van der Waals surface area contributed by atoms with Crippen molar-refractivity contribution in [3.8, 4) is 5.69 Å². The zero-order valence-electron chi connectivity index (χ0n) is 14.7. The Morgan fingerprint density at radius 1 is 1.07 bits per heavy atom. The molecule has 4 aromatic rings. The number of amides is 1. The lowest BCUT2D eigenvalue weighted by atomic mass is 10.1. The van der Waals surface area contributed by atoms with Gasteiger partial charge in [0, 0.05) is 18.9 Å². The highest BCUT2D eigenvalue weighted by molar-refractivity contribution is 5.98. The van der Waals surface area contributed by atoms with Gasteiger partial charge in [-0.15, -0.1) is 0 Å². The summed E-state index contributed by atoms with van der Waals surface area (Å²) < 4.78 is 1.74. The fraction of sp³-hybridized carbons (Fsp3) is 0.190. The third-order valence-electron chi connectivity index (χ3n) is 5.12. The summed E-state index contributed by atoms with van der Waals surface area (Å²) in [5, 5.41) is 4.29. The number of nitrogens with zero attached hydrogens (tertiary/aromatic N) is 4. The van der Waals surface area contributed by atoms with Crippen molar-refractivity contribution < 1.29 is 4.79 Å². The molecule has 1 aliphatic rings. The Hall–Kier alpha value is -3.41. The first kappa shape index (κ1) is 15.8. The molecule has 0 bridgehead atoms. The second kappa shape index (κ2) is 6.39. The molecule has 1 atom stereocenters. The van der Waals surface area contributed by atoms with Crippen molar-refractivity contribution >= 4 is 16.9 Å². The van der Waals surface area contributed by atoms with Crippen LogP contribution in [0.4, 0.5) is 0 Å². The van der Waals surface area contributed by atoms with Gasteiger partial charge < -0.3 is 9.88 Å². The maximum absolute atomic E-state index is 13.4. The third kappa shape index (κ3) is 2.70. The molecule has 0 spiro atoms. The molecule has 5 rings (SSSR count). The van der Waals surface area contributed by atoms with Gasteiger partial charge in [0.1, 0.15) is 5.82 Å². The van der Waals surface area contributed by atoms with Crippen LogP contribution in [0.25, 0.3) is 16.7 Å². The van der Waals surface area contributed by atoms with Crippen molar-refractivity contribution in [2.75, 3.05) is 6.54 Å². The Bertz CT molecular complexity index is 1070. The van der Waals surface area contributed by atoms with Crippen LogP contribution in [0.2, 0.25) is 0 Å². The van der Waals surface area contributed by atoms with E-state index in [2.05, 4.69) is 10.1 Å². The van der Waals surface area contributed by atoms with Gasteiger partial charge in [0.2, 0.25) is 0 Å². The quantitative estimate of drug-likeness (QED) is 0.607. The zero-order valence-corrected chi connectivity index (χ0v) is 14.7. The first-order valence-corrected chi connectivity index (χ1v) is 9.16. The Labute approximate surface area is 156 Å². The highest BCUT2D eigenvalue weighted by Crippen LogP contribution is 2.33. The Kier molecular flexibility index (Phi) is 3.74. The van der Waals surface area contributed by atoms with Crippen LogP contribution in [0.3, 0.4) is 0 Å². The van der Waals surface area contributed by atoms with E-state index in [-0.39, 0.29) is 11.9 Å². The van der Waals surface area contributed by atoms with E-state index < -0.39 is 0 Å². The number of benzene rings is 2. The van der Waals surface area contributed by atoms with Gasteiger partial charge in [0.05, 0.1) is 28.3 Å². The SMILES string of the molecule is O=C(c1ccccc1-n1cccn1)N1CCC[C@H]1c1nc2ccccc2[nH]1. The number of carbonyl (C=O) groups is 1. The van der Waals surface area contributed by atoms with Crippen molar-refractivity contribution in [1.29, 1.82) is 0 Å². The molecule has 0 saturated carbocycles. The molecule has 3 heterocycles. The third-order valence-corrected chi connectivity index (χ3v) is 5.12. The molecule has 134 valence electrons. The van der Waals surface area contributed by atoms with Crippen LogP contribution in [0.15, 0.2) is 67.0 Å². The Morgan fingerprint density at radius 3 is 2.78 bits per heavy atom. The number of hydrogen-bond donors (Lipinski definition) is 1. The van der Waals surface area contributed by atoms with Crippen LogP contribution in [-0.2, 0) is 0 Å². The molecular formula is C21H19N5O. The molecule has 1 aliphatic heterocycles. The molecular weight excluding hydrogens is 338 g/mol. The number of aromatic nitrogens is 4. The fourth-order valence-corrected chi connectivity index (χ4v) is 3.84. The van der Waals surface area contributed by atoms with Crippen molar-refractivity contribution in [3.05, 3.63) is 78.4 Å². The summed E-state index contributed by atoms with van der Waals surface area (Å²) in [5.74, 6) is 0.877. The molecule has 2 aromatic carbocycles. The van der Waals surface area contributed by atoms with E-state index in [1.807, 2.05) is 65.7 Å². The maximum Gasteiger partial charge on any atom is 0.256 e. The van der Waals surface area contributed by atoms with Crippen molar-refractivity contribution in [2.45, 2.75) is 18.9 Å². The van der Waals surface area contributed by atoms with Crippen LogP contribution in [0.5, 0.6) is 0 Å². The van der Waals surface area contributed by atoms with E-state index in [0.29, 0.717) is 5.56 Å². The summed E-state index contributed by atoms with van der Waals surface area (Å²) in [6.07, 6.45) is 5.45. The van der Waals surface area contributed by atoms with Crippen LogP contribution in [0, 0.1) is 0 Å². The number of hydrogen-bond acceptors (Lipinski definition) is 3. The summed E-state index contributed by atoms with van der Waals surface area (Å²) >= 11 is 0. The van der Waals surface area contributed by atoms with Crippen LogP contribution in [-0.4, -0.2) is 37.1 Å². The number of likely N-dealkylation sites (tertiary alicyclic amines) is 1. The largest absolute Gasteiger partial charge is 0.340 e. The average Bonchev–Trinajstić information content (AvgIpc) is 3.47. The summed E-state index contributed by atoms with van der Waals surface area (Å²) in [4.78, 5) is 23.5. The van der Waals surface area contributed by atoms with Gasteiger partial charge in [-0.05, 0) is 43.2 Å². The molecule has 1 N–H and O–H groups in total. The molecule has 1 fully saturated rings. The van der Waals surface area contributed by atoms with E-state index in [9.17, 15) is 4.79 Å². The lowest BCUT2D eigenvalue weighted by molar-refractivity contribution is 0.0730. The van der Waals surface area contributed by atoms with Gasteiger partial charge in [0.15, 0.2) is 0 Å². The second-order valence-corrected chi connectivity index (χ2v) is 6.76. The first-order valence-electron chi connectivity index (χ1n) is 9.16. The number of imidazole rings is 1.